The molecule has 1 fully saturated rings. The molecule has 1 aliphatic heterocycles. The minimum absolute atomic E-state index is 0.00671. The Morgan fingerprint density at radius 1 is 0.536 bits per heavy atom. The third-order valence-electron chi connectivity index (χ3n) is 17.7. The quantitative estimate of drug-likeness (QED) is 0.0142. The van der Waals surface area contributed by atoms with Crippen LogP contribution in [0.1, 0.15) is 125 Å². The number of phenolic OH excluding ortho intramolecular Hbond substituents is 1. The lowest BCUT2D eigenvalue weighted by atomic mass is 9.99. The third kappa shape index (κ3) is 31.1. The number of phenols is 1. The number of nitrogens with one attached hydrogen (secondary N) is 14. The number of fused-ring (bicyclic) bond motifs is 1. The molecule has 1 aromatic heterocycles. The number of hydrogen-bond donors (Lipinski definition) is 22. The van der Waals surface area contributed by atoms with Crippen molar-refractivity contribution in [2.75, 3.05) is 39.3 Å². The second-order valence-corrected chi connectivity index (χ2v) is 28.7. The zero-order valence-electron chi connectivity index (χ0n) is 64.4. The Bertz CT molecular complexity index is 3830. The Hall–Kier alpha value is -11.5. The summed E-state index contributed by atoms with van der Waals surface area (Å²) in [5, 5.41) is 63.9. The number of aromatic nitrogens is 1. The van der Waals surface area contributed by atoms with E-state index in [1.807, 2.05) is 0 Å². The summed E-state index contributed by atoms with van der Waals surface area (Å²) < 4.78 is 0. The van der Waals surface area contributed by atoms with Crippen LogP contribution < -0.4 is 97.8 Å². The number of primary amides is 2. The zero-order valence-corrected chi connectivity index (χ0v) is 64.4. The monoisotopic (exact) mass is 1570 g/mol. The summed E-state index contributed by atoms with van der Waals surface area (Å²) in [6.07, 6.45) is -0.427. The van der Waals surface area contributed by atoms with Gasteiger partial charge in [0.2, 0.25) is 94.5 Å². The maximum Gasteiger partial charge on any atom is 0.245 e. The van der Waals surface area contributed by atoms with Gasteiger partial charge < -0.3 is 123 Å². The molecule has 40 heteroatoms. The Morgan fingerprint density at radius 2 is 1.04 bits per heavy atom. The van der Waals surface area contributed by atoms with Crippen molar-refractivity contribution in [2.45, 2.75) is 205 Å². The van der Waals surface area contributed by atoms with Crippen LogP contribution in [0.25, 0.3) is 10.9 Å². The minimum Gasteiger partial charge on any atom is -0.508 e. The number of aliphatic hydroxyl groups excluding tert-OH is 2. The zero-order chi connectivity index (χ0) is 83.8. The van der Waals surface area contributed by atoms with E-state index in [1.165, 1.54) is 49.9 Å². The smallest absolute Gasteiger partial charge is 0.245 e. The summed E-state index contributed by atoms with van der Waals surface area (Å²) in [6.45, 7) is 11.3. The topological polar surface area (TPSA) is 652 Å². The number of likely N-dealkylation sites (tertiary alicyclic amines) is 1. The molecule has 0 radical (unpaired) electrons. The number of rotatable bonds is 46. The Morgan fingerprint density at radius 3 is 1.60 bits per heavy atom. The Kier molecular flexibility index (Phi) is 37.8. The number of carbonyl (C=O) groups excluding carboxylic acids is 16. The van der Waals surface area contributed by atoms with Gasteiger partial charge in [0.1, 0.15) is 78.3 Å². The molecular weight excluding hydrogens is 1460 g/mol. The van der Waals surface area contributed by atoms with Gasteiger partial charge in [-0.1, -0.05) is 71.9 Å². The number of aliphatic imine (C=N–C) groups is 1. The number of carbonyl (C=O) groups is 16. The van der Waals surface area contributed by atoms with E-state index in [2.05, 4.69) is 79.1 Å². The molecule has 618 valence electrons. The van der Waals surface area contributed by atoms with Gasteiger partial charge in [-0.25, -0.2) is 0 Å². The summed E-state index contributed by atoms with van der Waals surface area (Å²) in [5.74, 6) is -15.9. The van der Waals surface area contributed by atoms with E-state index in [4.69, 9.17) is 28.7 Å². The van der Waals surface area contributed by atoms with E-state index in [-0.39, 0.29) is 93.9 Å². The number of nitrogens with zero attached hydrogens (tertiary/aromatic N) is 2. The number of benzene rings is 2. The summed E-state index contributed by atoms with van der Waals surface area (Å²) in [5.41, 5.74) is 29.0. The van der Waals surface area contributed by atoms with Gasteiger partial charge in [-0.15, -0.1) is 0 Å². The number of nitrogens with two attached hydrogens (primary N) is 5. The van der Waals surface area contributed by atoms with Crippen LogP contribution in [-0.2, 0) is 89.6 Å². The number of H-pyrrole nitrogens is 1. The number of amides is 16. The largest absolute Gasteiger partial charge is 0.508 e. The summed E-state index contributed by atoms with van der Waals surface area (Å²) in [7, 11) is 0. The highest BCUT2D eigenvalue weighted by Gasteiger charge is 2.40. The van der Waals surface area contributed by atoms with Gasteiger partial charge >= 0.3 is 0 Å². The van der Waals surface area contributed by atoms with Gasteiger partial charge in [-0.05, 0) is 113 Å². The van der Waals surface area contributed by atoms with Gasteiger partial charge in [0.15, 0.2) is 5.96 Å². The van der Waals surface area contributed by atoms with Gasteiger partial charge in [-0.3, -0.25) is 81.7 Å². The molecule has 13 atom stereocenters. The predicted molar refractivity (Wildman–Crippen MR) is 406 cm³/mol. The van der Waals surface area contributed by atoms with E-state index >= 15 is 0 Å². The normalized spacial score (nSPS) is 15.8. The van der Waals surface area contributed by atoms with Crippen LogP contribution in [0.2, 0.25) is 0 Å². The highest BCUT2D eigenvalue weighted by Crippen LogP contribution is 2.22. The van der Waals surface area contributed by atoms with Crippen LogP contribution in [0.5, 0.6) is 5.75 Å². The van der Waals surface area contributed by atoms with E-state index in [0.717, 1.165) is 10.9 Å². The van der Waals surface area contributed by atoms with Gasteiger partial charge in [-0.2, -0.15) is 0 Å². The second-order valence-electron chi connectivity index (χ2n) is 28.7. The van der Waals surface area contributed by atoms with E-state index in [0.29, 0.717) is 17.5 Å². The molecule has 40 nitrogen and oxygen atoms in total. The predicted octanol–water partition coefficient (Wildman–Crippen LogP) is -6.86. The number of aromatic hydroxyl groups is 1. The van der Waals surface area contributed by atoms with Gasteiger partial charge in [0, 0.05) is 43.0 Å². The lowest BCUT2D eigenvalue weighted by molar-refractivity contribution is -0.140. The molecule has 0 unspecified atom stereocenters. The third-order valence-corrected chi connectivity index (χ3v) is 17.7. The fourth-order valence-corrected chi connectivity index (χ4v) is 11.9. The average molecular weight is 1570 g/mol. The first-order valence-electron chi connectivity index (χ1n) is 36.8. The summed E-state index contributed by atoms with van der Waals surface area (Å²) in [4.78, 5) is 225. The Labute approximate surface area is 647 Å². The molecule has 0 bridgehead atoms. The molecule has 112 heavy (non-hydrogen) atoms. The van der Waals surface area contributed by atoms with E-state index in [9.17, 15) is 92.0 Å². The molecule has 4 rings (SSSR count). The van der Waals surface area contributed by atoms with Crippen molar-refractivity contribution in [3.8, 4) is 5.75 Å². The summed E-state index contributed by atoms with van der Waals surface area (Å²) in [6, 6.07) is -4.62. The molecule has 1 saturated heterocycles. The maximum atomic E-state index is 14.4. The van der Waals surface area contributed by atoms with Crippen molar-refractivity contribution >= 4 is 111 Å². The van der Waals surface area contributed by atoms with Gasteiger partial charge in [0.25, 0.3) is 0 Å². The van der Waals surface area contributed by atoms with Crippen LogP contribution >= 0.6 is 0 Å². The molecule has 3 aromatic rings. The fourth-order valence-electron chi connectivity index (χ4n) is 11.9. The van der Waals surface area contributed by atoms with Crippen LogP contribution in [0, 0.1) is 17.8 Å². The highest BCUT2D eigenvalue weighted by molar-refractivity contribution is 6.01. The van der Waals surface area contributed by atoms with Crippen molar-refractivity contribution in [2.24, 2.45) is 51.4 Å². The Balaban J connectivity index is 1.41. The first-order chi connectivity index (χ1) is 52.7. The average Bonchev–Trinajstić information content (AvgIpc) is 1.23. The number of guanidine groups is 1. The number of para-hydroxylation sites is 1. The van der Waals surface area contributed by atoms with Crippen molar-refractivity contribution in [1.82, 2.24) is 79.0 Å². The molecule has 2 heterocycles. The number of aromatic amines is 1. The molecule has 2 aromatic carbocycles. The molecule has 27 N–H and O–H groups in total. The van der Waals surface area contributed by atoms with Crippen LogP contribution in [0.4, 0.5) is 0 Å². The molecule has 1 aliphatic rings. The lowest BCUT2D eigenvalue weighted by Crippen LogP contribution is -2.62. The molecule has 0 spiro atoms. The van der Waals surface area contributed by atoms with Crippen LogP contribution in [0.15, 0.2) is 59.7 Å². The first kappa shape index (κ1) is 92.8. The SMILES string of the molecule is CC(C)C[C@H](NC(=O)[C@H](CC(C)C)NC(=O)[C@H](Cc1ccc(O)cc1)NC(=O)CNC(=O)[C@H](C)NC(=O)[C@H](CO)NC(=O)[C@H](CC(N)=O)NC(=O)[C@H](CC(C)C)NC(=O)[C@@H](NC(=O)[C@H](Cc1c[nH]c2ccccc12)NC(=O)CN)[C@@H](C)O)C(=O)NCC(=O)N1CCC[C@H]1C(=O)N[C@@H](CCCN=C(N)N)C(=O)N[C@@H](C)C(N)=O. The van der Waals surface area contributed by atoms with E-state index in [1.54, 1.807) is 72.0 Å². The molecule has 16 amide bonds. The van der Waals surface area contributed by atoms with Crippen molar-refractivity contribution in [3.05, 3.63) is 65.9 Å². The maximum absolute atomic E-state index is 14.4. The number of aliphatic hydroxyl groups is 2. The van der Waals surface area contributed by atoms with Crippen molar-refractivity contribution in [3.63, 3.8) is 0 Å². The van der Waals surface area contributed by atoms with Crippen molar-refractivity contribution < 1.29 is 92.0 Å². The molecular formula is C72H111N21O19. The summed E-state index contributed by atoms with van der Waals surface area (Å²) >= 11 is 0. The standard InChI is InChI=1S/C72H111N21O19/c1-35(2)24-47(62(103)81-33-58(100)93-23-13-17-54(93)70(111)86-46(16-12-22-78-72(76)77)63(104)82-38(7)60(75)101)87-64(105)48(25-36(3)4)88-66(107)50(27-41-18-20-43(96)21-19-41)85-57(99)32-80-61(102)39(8)83-69(110)53(34-94)91-67(108)52(29-55(74)97)89-65(106)49(26-37(5)6)90-71(112)59(40(9)95)92-68(109)51(84-56(98)30-73)28-42-31-79-45-15-11-10-14-44(42)45/h10-11,14-15,18-21,31,35-40,46-54,59,79,94-96H,12-13,16-17,22-30,32-34,73H2,1-9H3,(H2,74,97)(H2,75,101)(H,80,102)(H,81,103)(H,82,104)(H,83,110)(H,84,98)(H,85,99)(H,86,111)(H,87,105)(H,88,107)(H,89,106)(H,90,112)(H,91,108)(H,92,109)(H4,76,77,78)/t38-,39-,40+,46-,47-,48-,49-,50-,51-,52-,53-,54-,59-/m0/s1. The first-order valence-corrected chi connectivity index (χ1v) is 36.8. The molecule has 0 saturated carbocycles. The molecule has 0 aliphatic carbocycles. The second kappa shape index (κ2) is 45.6. The fraction of sp³-hybridized carbons (Fsp3) is 0.569. The van der Waals surface area contributed by atoms with Gasteiger partial charge in [0.05, 0.1) is 38.8 Å². The van der Waals surface area contributed by atoms with E-state index < -0.39 is 206 Å². The highest BCUT2D eigenvalue weighted by atomic mass is 16.3. The van der Waals surface area contributed by atoms with Crippen LogP contribution in [-0.4, -0.2) is 244 Å². The minimum atomic E-state index is -1.88. The van der Waals surface area contributed by atoms with Crippen molar-refractivity contribution in [1.29, 1.82) is 0 Å². The van der Waals surface area contributed by atoms with Crippen LogP contribution in [0.3, 0.4) is 0 Å². The lowest BCUT2D eigenvalue weighted by Gasteiger charge is -2.28. The number of hydrogen-bond acceptors (Lipinski definition) is 21.